The van der Waals surface area contributed by atoms with E-state index >= 15 is 0 Å². The number of nitrogens with zero attached hydrogens (tertiary/aromatic N) is 2. The molecular formula is C22H20F3N3O3S. The minimum absolute atomic E-state index is 0.0157. The molecule has 0 aliphatic rings. The Bertz CT molecular complexity index is 1090. The molecule has 1 aromatic heterocycles. The van der Waals surface area contributed by atoms with E-state index in [1.165, 1.54) is 18.3 Å². The maximum atomic E-state index is 12.2. The van der Waals surface area contributed by atoms with Gasteiger partial charge in [-0.15, -0.1) is 24.5 Å². The first-order valence-electron chi connectivity index (χ1n) is 9.43. The van der Waals surface area contributed by atoms with E-state index in [2.05, 4.69) is 41.0 Å². The fourth-order valence-corrected chi connectivity index (χ4v) is 3.53. The average Bonchev–Trinajstić information content (AvgIpc) is 3.20. The van der Waals surface area contributed by atoms with Crippen molar-refractivity contribution in [2.75, 3.05) is 5.32 Å². The highest BCUT2D eigenvalue weighted by atomic mass is 32.1. The second kappa shape index (κ2) is 9.39. The van der Waals surface area contributed by atoms with Crippen LogP contribution < -0.4 is 10.1 Å². The zero-order valence-corrected chi connectivity index (χ0v) is 18.3. The maximum absolute atomic E-state index is 12.2. The molecule has 3 aromatic rings. The third-order valence-electron chi connectivity index (χ3n) is 4.10. The number of nitrogens with one attached hydrogen (secondary N) is 1. The molecule has 1 N–H and O–H groups in total. The molecular weight excluding hydrogens is 443 g/mol. The van der Waals surface area contributed by atoms with E-state index in [9.17, 15) is 18.0 Å². The van der Waals surface area contributed by atoms with E-state index in [0.29, 0.717) is 5.56 Å². The van der Waals surface area contributed by atoms with Gasteiger partial charge in [-0.05, 0) is 29.8 Å². The Kier molecular flexibility index (Phi) is 6.83. The largest absolute Gasteiger partial charge is 0.573 e. The van der Waals surface area contributed by atoms with Gasteiger partial charge >= 0.3 is 12.5 Å². The van der Waals surface area contributed by atoms with Crippen molar-refractivity contribution in [1.29, 1.82) is 0 Å². The van der Waals surface area contributed by atoms with Gasteiger partial charge in [0.05, 0.1) is 11.9 Å². The molecule has 168 valence electrons. The molecule has 0 atom stereocenters. The standard InChI is InChI=1S/C22H20F3N3O3S/c1-21(2,3)18-13-32-19(28-18)15-6-4-14(5-7-15)12-26-31-20(29)27-16-8-10-17(11-9-16)30-22(23,24)25/h4-13H,1-3H3,(H,27,29). The fraction of sp³-hybridized carbons (Fsp3) is 0.227. The van der Waals surface area contributed by atoms with Gasteiger partial charge in [-0.1, -0.05) is 50.2 Å². The minimum Gasteiger partial charge on any atom is -0.406 e. The number of anilines is 1. The molecule has 0 fully saturated rings. The number of thiazole rings is 1. The molecule has 0 bridgehead atoms. The topological polar surface area (TPSA) is 72.8 Å². The van der Waals surface area contributed by atoms with Crippen LogP contribution in [0, 0.1) is 0 Å². The summed E-state index contributed by atoms with van der Waals surface area (Å²) in [6.07, 6.45) is -4.30. The van der Waals surface area contributed by atoms with Gasteiger partial charge in [-0.3, -0.25) is 10.2 Å². The molecule has 0 aliphatic heterocycles. The number of aromatic nitrogens is 1. The zero-order chi connectivity index (χ0) is 23.4. The van der Waals surface area contributed by atoms with E-state index in [1.54, 1.807) is 11.3 Å². The highest BCUT2D eigenvalue weighted by Crippen LogP contribution is 2.29. The Morgan fingerprint density at radius 3 is 2.28 bits per heavy atom. The van der Waals surface area contributed by atoms with E-state index in [4.69, 9.17) is 4.84 Å². The predicted octanol–water partition coefficient (Wildman–Crippen LogP) is 6.59. The third-order valence-corrected chi connectivity index (χ3v) is 4.99. The summed E-state index contributed by atoms with van der Waals surface area (Å²) < 4.78 is 40.2. The summed E-state index contributed by atoms with van der Waals surface area (Å²) in [6, 6.07) is 12.1. The van der Waals surface area contributed by atoms with Crippen molar-refractivity contribution in [1.82, 2.24) is 4.98 Å². The Balaban J connectivity index is 1.52. The molecule has 0 saturated carbocycles. The van der Waals surface area contributed by atoms with Crippen molar-refractivity contribution >= 4 is 29.3 Å². The van der Waals surface area contributed by atoms with Crippen molar-refractivity contribution in [3.63, 3.8) is 0 Å². The normalized spacial score (nSPS) is 12.1. The van der Waals surface area contributed by atoms with Crippen LogP contribution in [-0.2, 0) is 10.3 Å². The summed E-state index contributed by atoms with van der Waals surface area (Å²) in [5.41, 5.74) is 2.92. The number of amides is 1. The number of carbonyl (C=O) groups excluding carboxylic acids is 1. The van der Waals surface area contributed by atoms with Crippen LogP contribution >= 0.6 is 11.3 Å². The highest BCUT2D eigenvalue weighted by Gasteiger charge is 2.31. The van der Waals surface area contributed by atoms with Crippen molar-refractivity contribution < 1.29 is 27.5 Å². The van der Waals surface area contributed by atoms with Crippen LogP contribution in [0.15, 0.2) is 59.1 Å². The Morgan fingerprint density at radius 2 is 1.72 bits per heavy atom. The molecule has 2 aromatic carbocycles. The molecule has 0 spiro atoms. The van der Waals surface area contributed by atoms with Crippen molar-refractivity contribution in [3.05, 3.63) is 65.2 Å². The van der Waals surface area contributed by atoms with Crippen molar-refractivity contribution in [2.24, 2.45) is 5.16 Å². The monoisotopic (exact) mass is 463 g/mol. The molecule has 32 heavy (non-hydrogen) atoms. The van der Waals surface area contributed by atoms with Crippen LogP contribution in [0.2, 0.25) is 0 Å². The summed E-state index contributed by atoms with van der Waals surface area (Å²) >= 11 is 1.58. The van der Waals surface area contributed by atoms with Gasteiger partial charge in [0.25, 0.3) is 0 Å². The van der Waals surface area contributed by atoms with Crippen LogP contribution in [0.1, 0.15) is 32.0 Å². The second-order valence-electron chi connectivity index (χ2n) is 7.72. The molecule has 1 heterocycles. The lowest BCUT2D eigenvalue weighted by Crippen LogP contribution is -2.17. The Labute approximate surface area is 186 Å². The van der Waals surface area contributed by atoms with Crippen molar-refractivity contribution in [3.8, 4) is 16.3 Å². The quantitative estimate of drug-likeness (QED) is 0.263. The van der Waals surface area contributed by atoms with Crippen molar-refractivity contribution in [2.45, 2.75) is 32.5 Å². The first kappa shape index (κ1) is 23.3. The number of benzene rings is 2. The van der Waals surface area contributed by atoms with Crippen LogP contribution in [0.3, 0.4) is 0 Å². The van der Waals surface area contributed by atoms with E-state index < -0.39 is 18.2 Å². The number of carbonyl (C=O) groups is 1. The van der Waals surface area contributed by atoms with Gasteiger partial charge in [-0.25, -0.2) is 9.78 Å². The summed E-state index contributed by atoms with van der Waals surface area (Å²) in [5.74, 6) is -0.398. The van der Waals surface area contributed by atoms with Gasteiger partial charge in [0.15, 0.2) is 0 Å². The van der Waals surface area contributed by atoms with Gasteiger partial charge in [-0.2, -0.15) is 0 Å². The summed E-state index contributed by atoms with van der Waals surface area (Å²) in [5, 5.41) is 8.93. The number of ether oxygens (including phenoxy) is 1. The number of oxime groups is 1. The van der Waals surface area contributed by atoms with Crippen LogP contribution in [0.4, 0.5) is 23.7 Å². The second-order valence-corrected chi connectivity index (χ2v) is 8.58. The Morgan fingerprint density at radius 1 is 1.06 bits per heavy atom. The average molecular weight is 463 g/mol. The molecule has 1 amide bonds. The SMILES string of the molecule is CC(C)(C)c1csc(-c2ccc(C=NOC(=O)Nc3ccc(OC(F)(F)F)cc3)cc2)n1. The summed E-state index contributed by atoms with van der Waals surface area (Å²) in [4.78, 5) is 21.2. The van der Waals surface area contributed by atoms with Crippen LogP contribution in [0.5, 0.6) is 5.75 Å². The number of rotatable bonds is 5. The van der Waals surface area contributed by atoms with Gasteiger partial charge in [0.2, 0.25) is 0 Å². The molecule has 0 unspecified atom stereocenters. The first-order valence-corrected chi connectivity index (χ1v) is 10.3. The van der Waals surface area contributed by atoms with E-state index in [0.717, 1.165) is 28.4 Å². The molecule has 0 saturated heterocycles. The van der Waals surface area contributed by atoms with Gasteiger partial charge in [0, 0.05) is 22.0 Å². The lowest BCUT2D eigenvalue weighted by molar-refractivity contribution is -0.274. The Hall–Kier alpha value is -3.40. The lowest BCUT2D eigenvalue weighted by atomic mass is 9.93. The minimum atomic E-state index is -4.78. The molecule has 10 heteroatoms. The van der Waals surface area contributed by atoms with E-state index in [-0.39, 0.29) is 11.1 Å². The fourth-order valence-electron chi connectivity index (χ4n) is 2.48. The predicted molar refractivity (Wildman–Crippen MR) is 117 cm³/mol. The number of halogens is 3. The van der Waals surface area contributed by atoms with Gasteiger partial charge < -0.3 is 4.74 Å². The first-order chi connectivity index (χ1) is 15.0. The zero-order valence-electron chi connectivity index (χ0n) is 17.4. The van der Waals surface area contributed by atoms with Gasteiger partial charge in [0.1, 0.15) is 10.8 Å². The molecule has 6 nitrogen and oxygen atoms in total. The highest BCUT2D eigenvalue weighted by molar-refractivity contribution is 7.13. The lowest BCUT2D eigenvalue weighted by Gasteiger charge is -2.14. The number of hydrogen-bond donors (Lipinski definition) is 1. The number of hydrogen-bond acceptors (Lipinski definition) is 6. The third kappa shape index (κ3) is 6.81. The van der Waals surface area contributed by atoms with E-state index in [1.807, 2.05) is 29.6 Å². The van der Waals surface area contributed by atoms with Crippen LogP contribution in [-0.4, -0.2) is 23.7 Å². The summed E-state index contributed by atoms with van der Waals surface area (Å²) in [7, 11) is 0. The maximum Gasteiger partial charge on any atom is 0.573 e. The summed E-state index contributed by atoms with van der Waals surface area (Å²) in [6.45, 7) is 6.33. The number of alkyl halides is 3. The van der Waals surface area contributed by atoms with Crippen LogP contribution in [0.25, 0.3) is 10.6 Å². The smallest absolute Gasteiger partial charge is 0.406 e. The molecule has 0 aliphatic carbocycles. The molecule has 0 radical (unpaired) electrons. The molecule has 3 rings (SSSR count).